The molecule has 92 valence electrons. The summed E-state index contributed by atoms with van der Waals surface area (Å²) in [6, 6.07) is 1.78. The predicted octanol–water partition coefficient (Wildman–Crippen LogP) is 3.70. The van der Waals surface area contributed by atoms with Crippen LogP contribution in [-0.4, -0.2) is 17.4 Å². The normalized spacial score (nSPS) is 11.4. The first-order chi connectivity index (χ1) is 7.81. The maximum Gasteiger partial charge on any atom is 0.417 e. The third kappa shape index (κ3) is 3.27. The monoisotopic (exact) mass is 420 g/mol. The van der Waals surface area contributed by atoms with E-state index in [0.29, 0.717) is 6.29 Å². The van der Waals surface area contributed by atoms with Crippen molar-refractivity contribution in [3.05, 3.63) is 32.4 Å². The highest BCUT2D eigenvalue weighted by atomic mass is 127. The van der Waals surface area contributed by atoms with Crippen LogP contribution >= 0.6 is 38.5 Å². The number of Topliss-reactive ketones (excluding diaryl/α,β-unsaturated/α-hetero) is 1. The summed E-state index contributed by atoms with van der Waals surface area (Å²) in [6.45, 7) is 0. The highest BCUT2D eigenvalue weighted by Crippen LogP contribution is 2.34. The van der Waals surface area contributed by atoms with Crippen LogP contribution in [0.1, 0.15) is 26.3 Å². The van der Waals surface area contributed by atoms with Crippen LogP contribution in [0.3, 0.4) is 0 Å². The molecule has 0 spiro atoms. The largest absolute Gasteiger partial charge is 0.417 e. The van der Waals surface area contributed by atoms with E-state index in [9.17, 15) is 22.8 Å². The van der Waals surface area contributed by atoms with Gasteiger partial charge in [0, 0.05) is 14.7 Å². The number of ketones is 1. The first-order valence-electron chi connectivity index (χ1n) is 4.26. The summed E-state index contributed by atoms with van der Waals surface area (Å²) in [7, 11) is 0. The van der Waals surface area contributed by atoms with Crippen LogP contribution in [0.5, 0.6) is 0 Å². The molecule has 0 fully saturated rings. The zero-order chi connectivity index (χ0) is 13.2. The van der Waals surface area contributed by atoms with Crippen molar-refractivity contribution in [2.24, 2.45) is 0 Å². The quantitative estimate of drug-likeness (QED) is 0.323. The fourth-order valence-corrected chi connectivity index (χ4v) is 2.11. The summed E-state index contributed by atoms with van der Waals surface area (Å²) in [5, 5.41) is -0.227. The standard InChI is InChI=1S/C10H5BrF3IO2/c11-3-9(17)6-1-5(4-16)8(15)2-7(6)10(12,13)14/h1-2,4H,3H2. The maximum atomic E-state index is 12.7. The Balaban J connectivity index is 3.52. The van der Waals surface area contributed by atoms with Gasteiger partial charge in [0.2, 0.25) is 0 Å². The van der Waals surface area contributed by atoms with Gasteiger partial charge in [-0.2, -0.15) is 13.2 Å². The zero-order valence-electron chi connectivity index (χ0n) is 8.15. The van der Waals surface area contributed by atoms with Crippen molar-refractivity contribution in [2.45, 2.75) is 6.18 Å². The van der Waals surface area contributed by atoms with Gasteiger partial charge in [-0.3, -0.25) is 9.59 Å². The minimum Gasteiger partial charge on any atom is -0.298 e. The second-order valence-electron chi connectivity index (χ2n) is 3.09. The molecule has 0 N–H and O–H groups in total. The van der Waals surface area contributed by atoms with Crippen molar-refractivity contribution >= 4 is 50.6 Å². The second kappa shape index (κ2) is 5.47. The van der Waals surface area contributed by atoms with E-state index < -0.39 is 23.1 Å². The lowest BCUT2D eigenvalue weighted by Gasteiger charge is -2.13. The third-order valence-electron chi connectivity index (χ3n) is 1.99. The fraction of sp³-hybridized carbons (Fsp3) is 0.200. The van der Waals surface area contributed by atoms with Crippen LogP contribution in [0, 0.1) is 3.57 Å². The van der Waals surface area contributed by atoms with Crippen LogP contribution < -0.4 is 0 Å². The molecule has 0 bridgehead atoms. The first-order valence-corrected chi connectivity index (χ1v) is 6.46. The van der Waals surface area contributed by atoms with Gasteiger partial charge in [-0.25, -0.2) is 0 Å². The number of aldehydes is 1. The minimum atomic E-state index is -4.62. The van der Waals surface area contributed by atoms with Gasteiger partial charge in [-0.05, 0) is 34.7 Å². The lowest BCUT2D eigenvalue weighted by Crippen LogP contribution is -2.15. The van der Waals surface area contributed by atoms with Gasteiger partial charge in [0.15, 0.2) is 12.1 Å². The summed E-state index contributed by atoms with van der Waals surface area (Å²) in [4.78, 5) is 22.0. The number of hydrogen-bond acceptors (Lipinski definition) is 2. The molecule has 0 aliphatic heterocycles. The van der Waals surface area contributed by atoms with Crippen molar-refractivity contribution in [1.29, 1.82) is 0 Å². The Bertz CT molecular complexity index is 471. The molecule has 0 atom stereocenters. The summed E-state index contributed by atoms with van der Waals surface area (Å²) in [5.74, 6) is -0.711. The molecule has 0 heterocycles. The molecule has 0 amide bonds. The Morgan fingerprint density at radius 3 is 2.41 bits per heavy atom. The molecule has 1 rings (SSSR count). The fourth-order valence-electron chi connectivity index (χ4n) is 1.22. The predicted molar refractivity (Wildman–Crippen MR) is 67.7 cm³/mol. The van der Waals surface area contributed by atoms with Gasteiger partial charge in [-0.15, -0.1) is 0 Å². The molecule has 0 aliphatic rings. The van der Waals surface area contributed by atoms with Gasteiger partial charge in [0.1, 0.15) is 0 Å². The van der Waals surface area contributed by atoms with E-state index >= 15 is 0 Å². The van der Waals surface area contributed by atoms with E-state index in [1.165, 1.54) is 0 Å². The highest BCUT2D eigenvalue weighted by Gasteiger charge is 2.35. The highest BCUT2D eigenvalue weighted by molar-refractivity contribution is 14.1. The number of alkyl halides is 4. The van der Waals surface area contributed by atoms with Crippen molar-refractivity contribution in [1.82, 2.24) is 0 Å². The van der Waals surface area contributed by atoms with Crippen LogP contribution in [0.15, 0.2) is 12.1 Å². The summed E-state index contributed by atoms with van der Waals surface area (Å²) >= 11 is 4.43. The van der Waals surface area contributed by atoms with E-state index in [2.05, 4.69) is 15.9 Å². The SMILES string of the molecule is O=Cc1cc(C(=O)CBr)c(C(F)(F)F)cc1I. The molecular weight excluding hydrogens is 416 g/mol. The number of carbonyl (C=O) groups is 2. The number of carbonyl (C=O) groups excluding carboxylic acids is 2. The average Bonchev–Trinajstić information content (AvgIpc) is 2.26. The molecule has 0 radical (unpaired) electrons. The molecule has 0 saturated heterocycles. The Morgan fingerprint density at radius 1 is 1.41 bits per heavy atom. The lowest BCUT2D eigenvalue weighted by molar-refractivity contribution is -0.137. The second-order valence-corrected chi connectivity index (χ2v) is 4.81. The molecule has 0 aromatic heterocycles. The molecule has 1 aromatic rings. The van der Waals surface area contributed by atoms with E-state index in [-0.39, 0.29) is 14.5 Å². The van der Waals surface area contributed by atoms with Gasteiger partial charge in [0.25, 0.3) is 0 Å². The van der Waals surface area contributed by atoms with Gasteiger partial charge in [-0.1, -0.05) is 15.9 Å². The minimum absolute atomic E-state index is 0.0721. The average molecular weight is 421 g/mol. The molecule has 7 heteroatoms. The first kappa shape index (κ1) is 14.6. The molecule has 1 aromatic carbocycles. The lowest BCUT2D eigenvalue weighted by atomic mass is 10.0. The van der Waals surface area contributed by atoms with Gasteiger partial charge >= 0.3 is 6.18 Å². The summed E-state index contributed by atoms with van der Waals surface area (Å²) in [6.07, 6.45) is -4.19. The van der Waals surface area contributed by atoms with Gasteiger partial charge in [0.05, 0.1) is 10.9 Å². The number of benzene rings is 1. The maximum absolute atomic E-state index is 12.7. The zero-order valence-corrected chi connectivity index (χ0v) is 11.9. The smallest absolute Gasteiger partial charge is 0.298 e. The van der Waals surface area contributed by atoms with Crippen molar-refractivity contribution in [3.8, 4) is 0 Å². The van der Waals surface area contributed by atoms with Crippen LogP contribution in [0.25, 0.3) is 0 Å². The Kier molecular flexibility index (Phi) is 4.70. The van der Waals surface area contributed by atoms with Crippen molar-refractivity contribution in [3.63, 3.8) is 0 Å². The molecule has 0 unspecified atom stereocenters. The van der Waals surface area contributed by atoms with E-state index in [0.717, 1.165) is 12.1 Å². The van der Waals surface area contributed by atoms with E-state index in [1.54, 1.807) is 22.6 Å². The molecule has 2 nitrogen and oxygen atoms in total. The number of halogens is 5. The van der Waals surface area contributed by atoms with E-state index in [1.807, 2.05) is 0 Å². The Hall–Kier alpha value is -0.440. The topological polar surface area (TPSA) is 34.1 Å². The Morgan fingerprint density at radius 2 is 2.00 bits per heavy atom. The van der Waals surface area contributed by atoms with Crippen LogP contribution in [-0.2, 0) is 6.18 Å². The Labute approximate surface area is 117 Å². The third-order valence-corrected chi connectivity index (χ3v) is 3.43. The number of rotatable bonds is 3. The van der Waals surface area contributed by atoms with Gasteiger partial charge < -0.3 is 0 Å². The van der Waals surface area contributed by atoms with Crippen LogP contribution in [0.4, 0.5) is 13.2 Å². The van der Waals surface area contributed by atoms with Crippen molar-refractivity contribution in [2.75, 3.05) is 5.33 Å². The van der Waals surface area contributed by atoms with Crippen molar-refractivity contribution < 1.29 is 22.8 Å². The molecule has 0 aliphatic carbocycles. The molecule has 17 heavy (non-hydrogen) atoms. The number of hydrogen-bond donors (Lipinski definition) is 0. The summed E-state index contributed by atoms with van der Waals surface area (Å²) in [5.41, 5.74) is -1.43. The summed E-state index contributed by atoms with van der Waals surface area (Å²) < 4.78 is 38.3. The molecule has 0 saturated carbocycles. The van der Waals surface area contributed by atoms with E-state index in [4.69, 9.17) is 0 Å². The molecular formula is C10H5BrF3IO2. The van der Waals surface area contributed by atoms with Crippen LogP contribution in [0.2, 0.25) is 0 Å².